The number of aliphatic carboxylic acids is 1. The second kappa shape index (κ2) is 10.2. The second-order valence-electron chi connectivity index (χ2n) is 8.40. The smallest absolute Gasteiger partial charge is 0.326 e. The monoisotopic (exact) mass is 449 g/mol. The first-order valence-electron chi connectivity index (χ1n) is 11.3. The highest BCUT2D eigenvalue weighted by atomic mass is 16.4. The average Bonchev–Trinajstić information content (AvgIpc) is 2.87. The predicted molar refractivity (Wildman–Crippen MR) is 134 cm³/mol. The number of hydrogen-bond donors (Lipinski definition) is 2. The van der Waals surface area contributed by atoms with Gasteiger partial charge in [0.25, 0.3) is 0 Å². The number of carboxylic acid groups (broad SMARTS) is 1. The summed E-state index contributed by atoms with van der Waals surface area (Å²) in [5.74, 6) is -1.45. The number of amides is 1. The summed E-state index contributed by atoms with van der Waals surface area (Å²) in [6, 6.07) is 35.1. The van der Waals surface area contributed by atoms with Crippen LogP contribution in [0.25, 0.3) is 0 Å². The Bertz CT molecular complexity index is 1140. The molecular formula is C30H27NO3. The van der Waals surface area contributed by atoms with Crippen molar-refractivity contribution in [1.82, 2.24) is 5.32 Å². The minimum absolute atomic E-state index is 0.190. The lowest BCUT2D eigenvalue weighted by Gasteiger charge is -2.35. The van der Waals surface area contributed by atoms with Gasteiger partial charge in [-0.2, -0.15) is 0 Å². The molecule has 0 unspecified atom stereocenters. The van der Waals surface area contributed by atoms with Gasteiger partial charge < -0.3 is 10.4 Å². The summed E-state index contributed by atoms with van der Waals surface area (Å²) in [6.45, 7) is 1.98. The van der Waals surface area contributed by atoms with E-state index in [1.54, 1.807) is 0 Å². The summed E-state index contributed by atoms with van der Waals surface area (Å²) >= 11 is 0. The molecule has 0 spiro atoms. The standard InChI is InChI=1S/C30H27NO3/c1-22-17-19-23(20-18-22)21-27(28(32)33)31-29(34)30(24-11-5-2-6-12-24,25-13-7-3-8-14-25)26-15-9-4-10-16-26/h2-20,27H,21H2,1H3,(H,31,34)(H,32,33)/t27-/m0/s1. The van der Waals surface area contributed by atoms with Gasteiger partial charge in [-0.05, 0) is 29.2 Å². The van der Waals surface area contributed by atoms with Gasteiger partial charge in [-0.1, -0.05) is 121 Å². The number of carbonyl (C=O) groups excluding carboxylic acids is 1. The lowest BCUT2D eigenvalue weighted by Crippen LogP contribution is -2.52. The molecule has 0 fully saturated rings. The van der Waals surface area contributed by atoms with Crippen molar-refractivity contribution in [2.24, 2.45) is 0 Å². The van der Waals surface area contributed by atoms with E-state index in [-0.39, 0.29) is 12.3 Å². The molecule has 0 heterocycles. The topological polar surface area (TPSA) is 66.4 Å². The first kappa shape index (κ1) is 23.0. The maximum Gasteiger partial charge on any atom is 0.326 e. The SMILES string of the molecule is Cc1ccc(C[C@H](NC(=O)C(c2ccccc2)(c2ccccc2)c2ccccc2)C(=O)O)cc1. The van der Waals surface area contributed by atoms with Gasteiger partial charge >= 0.3 is 5.97 Å². The van der Waals surface area contributed by atoms with E-state index in [0.717, 1.165) is 27.8 Å². The summed E-state index contributed by atoms with van der Waals surface area (Å²) in [5.41, 5.74) is 3.03. The van der Waals surface area contributed by atoms with Crippen LogP contribution in [0.5, 0.6) is 0 Å². The number of hydrogen-bond acceptors (Lipinski definition) is 2. The van der Waals surface area contributed by atoms with Crippen LogP contribution in [0, 0.1) is 6.92 Å². The van der Waals surface area contributed by atoms with Gasteiger partial charge in [-0.15, -0.1) is 0 Å². The van der Waals surface area contributed by atoms with Gasteiger partial charge in [0.05, 0.1) is 0 Å². The summed E-state index contributed by atoms with van der Waals surface area (Å²) in [6.07, 6.45) is 0.190. The van der Waals surface area contributed by atoms with Gasteiger partial charge in [-0.25, -0.2) is 4.79 Å². The van der Waals surface area contributed by atoms with Crippen molar-refractivity contribution < 1.29 is 14.7 Å². The molecule has 4 heteroatoms. The van der Waals surface area contributed by atoms with Crippen molar-refractivity contribution in [2.75, 3.05) is 0 Å². The first-order valence-corrected chi connectivity index (χ1v) is 11.3. The largest absolute Gasteiger partial charge is 0.480 e. The molecule has 1 amide bonds. The Morgan fingerprint density at radius 3 is 1.50 bits per heavy atom. The van der Waals surface area contributed by atoms with Gasteiger partial charge in [0.15, 0.2) is 0 Å². The van der Waals surface area contributed by atoms with Crippen LogP contribution in [0.4, 0.5) is 0 Å². The number of aryl methyl sites for hydroxylation is 1. The second-order valence-corrected chi connectivity index (χ2v) is 8.40. The lowest BCUT2D eigenvalue weighted by molar-refractivity contribution is -0.142. The summed E-state index contributed by atoms with van der Waals surface area (Å²) < 4.78 is 0. The highest BCUT2D eigenvalue weighted by Crippen LogP contribution is 2.39. The van der Waals surface area contributed by atoms with Crippen molar-refractivity contribution >= 4 is 11.9 Å². The predicted octanol–water partition coefficient (Wildman–Crippen LogP) is 5.14. The third-order valence-electron chi connectivity index (χ3n) is 6.12. The van der Waals surface area contributed by atoms with Crippen molar-refractivity contribution in [3.63, 3.8) is 0 Å². The van der Waals surface area contributed by atoms with E-state index in [2.05, 4.69) is 5.32 Å². The quantitative estimate of drug-likeness (QED) is 0.366. The number of carboxylic acids is 1. The summed E-state index contributed by atoms with van der Waals surface area (Å²) in [7, 11) is 0. The van der Waals surface area contributed by atoms with Crippen molar-refractivity contribution in [1.29, 1.82) is 0 Å². The molecule has 0 saturated heterocycles. The zero-order valence-corrected chi connectivity index (χ0v) is 19.0. The fourth-order valence-corrected chi connectivity index (χ4v) is 4.38. The highest BCUT2D eigenvalue weighted by molar-refractivity contribution is 5.98. The van der Waals surface area contributed by atoms with Crippen LogP contribution in [0.2, 0.25) is 0 Å². The molecule has 4 aromatic carbocycles. The van der Waals surface area contributed by atoms with Gasteiger partial charge in [0.2, 0.25) is 5.91 Å². The normalized spacial score (nSPS) is 12.0. The fourth-order valence-electron chi connectivity index (χ4n) is 4.38. The van der Waals surface area contributed by atoms with Crippen molar-refractivity contribution in [3.8, 4) is 0 Å². The molecule has 4 aromatic rings. The molecule has 4 nitrogen and oxygen atoms in total. The van der Waals surface area contributed by atoms with E-state index in [4.69, 9.17) is 0 Å². The van der Waals surface area contributed by atoms with E-state index in [0.29, 0.717) is 0 Å². The molecular weight excluding hydrogens is 422 g/mol. The Morgan fingerprint density at radius 2 is 1.12 bits per heavy atom. The third-order valence-corrected chi connectivity index (χ3v) is 6.12. The summed E-state index contributed by atoms with van der Waals surface area (Å²) in [4.78, 5) is 26.5. The molecule has 0 aromatic heterocycles. The lowest BCUT2D eigenvalue weighted by atomic mass is 9.68. The molecule has 4 rings (SSSR count). The Kier molecular flexibility index (Phi) is 6.88. The van der Waals surface area contributed by atoms with Gasteiger partial charge in [-0.3, -0.25) is 4.79 Å². The average molecular weight is 450 g/mol. The number of carbonyl (C=O) groups is 2. The molecule has 0 radical (unpaired) electrons. The molecule has 34 heavy (non-hydrogen) atoms. The molecule has 0 bridgehead atoms. The van der Waals surface area contributed by atoms with E-state index >= 15 is 0 Å². The fraction of sp³-hybridized carbons (Fsp3) is 0.133. The van der Waals surface area contributed by atoms with Crippen LogP contribution in [0.3, 0.4) is 0 Å². The van der Waals surface area contributed by atoms with Crippen LogP contribution >= 0.6 is 0 Å². The van der Waals surface area contributed by atoms with Crippen LogP contribution in [0.1, 0.15) is 27.8 Å². The zero-order chi connectivity index (χ0) is 24.0. The Hall–Kier alpha value is -4.18. The van der Waals surface area contributed by atoms with Crippen LogP contribution in [-0.4, -0.2) is 23.0 Å². The number of nitrogens with one attached hydrogen (secondary N) is 1. The van der Waals surface area contributed by atoms with E-state index in [1.165, 1.54) is 0 Å². The molecule has 170 valence electrons. The van der Waals surface area contributed by atoms with Crippen LogP contribution < -0.4 is 5.32 Å². The minimum atomic E-state index is -1.22. The number of benzene rings is 4. The Labute approximate surface area is 199 Å². The van der Waals surface area contributed by atoms with Gasteiger partial charge in [0, 0.05) is 6.42 Å². The van der Waals surface area contributed by atoms with E-state index in [9.17, 15) is 14.7 Å². The van der Waals surface area contributed by atoms with Crippen LogP contribution in [-0.2, 0) is 21.4 Å². The first-order chi connectivity index (χ1) is 16.5. The van der Waals surface area contributed by atoms with Gasteiger partial charge in [0.1, 0.15) is 11.5 Å². The molecule has 0 aliphatic rings. The maximum atomic E-state index is 14.3. The molecule has 0 aliphatic carbocycles. The van der Waals surface area contributed by atoms with Crippen molar-refractivity contribution in [2.45, 2.75) is 24.8 Å². The van der Waals surface area contributed by atoms with Crippen LogP contribution in [0.15, 0.2) is 115 Å². The zero-order valence-electron chi connectivity index (χ0n) is 19.0. The van der Waals surface area contributed by atoms with E-state index < -0.39 is 17.4 Å². The summed E-state index contributed by atoms with van der Waals surface area (Å²) in [5, 5.41) is 12.9. The maximum absolute atomic E-state index is 14.3. The molecule has 2 N–H and O–H groups in total. The van der Waals surface area contributed by atoms with Crippen molar-refractivity contribution in [3.05, 3.63) is 143 Å². The Balaban J connectivity index is 1.83. The number of rotatable bonds is 8. The Morgan fingerprint density at radius 1 is 0.706 bits per heavy atom. The third kappa shape index (κ3) is 4.62. The van der Waals surface area contributed by atoms with E-state index in [1.807, 2.05) is 122 Å². The molecule has 1 atom stereocenters. The molecule has 0 saturated carbocycles. The highest BCUT2D eigenvalue weighted by Gasteiger charge is 2.45. The molecule has 0 aliphatic heterocycles. The minimum Gasteiger partial charge on any atom is -0.480 e.